The molecule has 6 nitrogen and oxygen atoms in total. The Hall–Kier alpha value is -1.77. The zero-order valence-electron chi connectivity index (χ0n) is 15.5. The van der Waals surface area contributed by atoms with E-state index in [1.165, 1.54) is 5.56 Å². The molecule has 0 saturated carbocycles. The molecule has 2 aromatic rings. The van der Waals surface area contributed by atoms with Crippen LogP contribution in [-0.2, 0) is 6.54 Å². The Morgan fingerprint density at radius 3 is 2.88 bits per heavy atom. The highest BCUT2D eigenvalue weighted by Crippen LogP contribution is 2.31. The number of para-hydroxylation sites is 1. The van der Waals surface area contributed by atoms with Crippen molar-refractivity contribution in [3.8, 4) is 5.75 Å². The van der Waals surface area contributed by atoms with Crippen LogP contribution in [0.2, 0.25) is 0 Å². The summed E-state index contributed by atoms with van der Waals surface area (Å²) in [6, 6.07) is 10.3. The van der Waals surface area contributed by atoms with Gasteiger partial charge in [-0.05, 0) is 18.9 Å². The maximum atomic E-state index is 5.73. The molecule has 142 valence electrons. The Morgan fingerprint density at radius 1 is 1.35 bits per heavy atom. The molecule has 1 unspecified atom stereocenters. The number of hydrogen-bond acceptors (Lipinski definition) is 4. The van der Waals surface area contributed by atoms with Gasteiger partial charge in [0.1, 0.15) is 12.3 Å². The summed E-state index contributed by atoms with van der Waals surface area (Å²) < 4.78 is 11.1. The van der Waals surface area contributed by atoms with Crippen molar-refractivity contribution in [2.45, 2.75) is 45.7 Å². The summed E-state index contributed by atoms with van der Waals surface area (Å²) in [4.78, 5) is 4.64. The zero-order valence-corrected chi connectivity index (χ0v) is 17.8. The first kappa shape index (κ1) is 20.5. The van der Waals surface area contributed by atoms with Crippen LogP contribution in [0.15, 0.2) is 39.8 Å². The molecule has 3 rings (SSSR count). The fraction of sp³-hybridized carbons (Fsp3) is 0.474. The molecule has 0 spiro atoms. The van der Waals surface area contributed by atoms with E-state index in [4.69, 9.17) is 9.26 Å². The van der Waals surface area contributed by atoms with Gasteiger partial charge in [-0.3, -0.25) is 0 Å². The molecule has 2 heterocycles. The molecule has 26 heavy (non-hydrogen) atoms. The van der Waals surface area contributed by atoms with E-state index in [0.717, 1.165) is 36.1 Å². The molecule has 0 saturated heterocycles. The maximum Gasteiger partial charge on any atom is 0.192 e. The smallest absolute Gasteiger partial charge is 0.192 e. The molecule has 1 atom stereocenters. The number of fused-ring (bicyclic) bond motifs is 1. The predicted octanol–water partition coefficient (Wildman–Crippen LogP) is 3.99. The van der Waals surface area contributed by atoms with Crippen LogP contribution in [0.4, 0.5) is 0 Å². The van der Waals surface area contributed by atoms with Crippen LogP contribution < -0.4 is 15.4 Å². The normalized spacial score (nSPS) is 16.5. The largest absolute Gasteiger partial charge is 0.493 e. The Bertz CT molecular complexity index is 730. The number of nitrogens with zero attached hydrogens (tertiary/aromatic N) is 2. The minimum Gasteiger partial charge on any atom is -0.493 e. The summed E-state index contributed by atoms with van der Waals surface area (Å²) in [5, 5.41) is 10.9. The minimum atomic E-state index is 0. The van der Waals surface area contributed by atoms with E-state index in [0.29, 0.717) is 19.1 Å². The summed E-state index contributed by atoms with van der Waals surface area (Å²) in [5.74, 6) is 2.84. The van der Waals surface area contributed by atoms with Crippen LogP contribution in [0.3, 0.4) is 0 Å². The topological polar surface area (TPSA) is 71.7 Å². The molecule has 1 aliphatic heterocycles. The Balaban J connectivity index is 0.00000243. The van der Waals surface area contributed by atoms with Crippen molar-refractivity contribution in [1.29, 1.82) is 0 Å². The van der Waals surface area contributed by atoms with Crippen LogP contribution in [0, 0.1) is 0 Å². The molecule has 0 amide bonds. The number of aliphatic imine (C=N–C) groups is 1. The van der Waals surface area contributed by atoms with Crippen molar-refractivity contribution in [3.05, 3.63) is 47.3 Å². The van der Waals surface area contributed by atoms with Gasteiger partial charge in [0.2, 0.25) is 0 Å². The van der Waals surface area contributed by atoms with Crippen molar-refractivity contribution in [2.75, 3.05) is 13.2 Å². The average molecular weight is 470 g/mol. The lowest BCUT2D eigenvalue weighted by molar-refractivity contribution is 0.261. The molecule has 0 aliphatic carbocycles. The summed E-state index contributed by atoms with van der Waals surface area (Å²) in [5.41, 5.74) is 2.13. The molecule has 0 fully saturated rings. The number of rotatable bonds is 5. The van der Waals surface area contributed by atoms with Gasteiger partial charge in [-0.1, -0.05) is 37.2 Å². The number of ether oxygens (including phenoxy) is 1. The molecule has 0 radical (unpaired) electrons. The highest BCUT2D eigenvalue weighted by Gasteiger charge is 2.21. The molecule has 2 N–H and O–H groups in total. The third-order valence-corrected chi connectivity index (χ3v) is 4.18. The number of nitrogens with one attached hydrogen (secondary N) is 2. The van der Waals surface area contributed by atoms with E-state index in [1.807, 2.05) is 24.3 Å². The van der Waals surface area contributed by atoms with Gasteiger partial charge in [-0.15, -0.1) is 24.0 Å². The average Bonchev–Trinajstić information content (AvgIpc) is 3.09. The second-order valence-corrected chi connectivity index (χ2v) is 6.44. The lowest BCUT2D eigenvalue weighted by atomic mass is 10.0. The Labute approximate surface area is 171 Å². The first-order valence-electron chi connectivity index (χ1n) is 8.89. The second kappa shape index (κ2) is 9.80. The van der Waals surface area contributed by atoms with E-state index in [9.17, 15) is 0 Å². The van der Waals surface area contributed by atoms with Crippen LogP contribution >= 0.6 is 24.0 Å². The molecule has 1 aromatic heterocycles. The van der Waals surface area contributed by atoms with Crippen molar-refractivity contribution in [3.63, 3.8) is 0 Å². The second-order valence-electron chi connectivity index (χ2n) is 6.44. The fourth-order valence-electron chi connectivity index (χ4n) is 2.81. The zero-order chi connectivity index (χ0) is 17.6. The monoisotopic (exact) mass is 470 g/mol. The third kappa shape index (κ3) is 5.12. The predicted molar refractivity (Wildman–Crippen MR) is 113 cm³/mol. The van der Waals surface area contributed by atoms with E-state index in [1.54, 1.807) is 0 Å². The fourth-order valence-corrected chi connectivity index (χ4v) is 2.81. The standard InChI is InChI=1S/C19H26N4O2.HI/c1-4-20-19(21-12-14-11-17(13(2)3)23-25-14)22-16-9-10-24-18-8-6-5-7-15(16)18;/h5-8,11,13,16H,4,9-10,12H2,1-3H3,(H2,20,21,22);1H. The van der Waals surface area contributed by atoms with Crippen LogP contribution in [0.1, 0.15) is 56.2 Å². The van der Waals surface area contributed by atoms with Gasteiger partial charge in [-0.25, -0.2) is 4.99 Å². The van der Waals surface area contributed by atoms with Crippen LogP contribution in [-0.4, -0.2) is 24.3 Å². The molecule has 0 bridgehead atoms. The van der Waals surface area contributed by atoms with Gasteiger partial charge < -0.3 is 19.9 Å². The Kier molecular flexibility index (Phi) is 7.74. The van der Waals surface area contributed by atoms with Crippen molar-refractivity contribution in [2.24, 2.45) is 4.99 Å². The maximum absolute atomic E-state index is 5.73. The number of guanidine groups is 1. The van der Waals surface area contributed by atoms with E-state index >= 15 is 0 Å². The van der Waals surface area contributed by atoms with Gasteiger partial charge in [-0.2, -0.15) is 0 Å². The van der Waals surface area contributed by atoms with E-state index in [-0.39, 0.29) is 30.0 Å². The van der Waals surface area contributed by atoms with Crippen LogP contribution in [0.5, 0.6) is 5.75 Å². The van der Waals surface area contributed by atoms with Crippen molar-refractivity contribution >= 4 is 29.9 Å². The SMILES string of the molecule is CCNC(=NCc1cc(C(C)C)no1)NC1CCOc2ccccc21.I. The summed E-state index contributed by atoms with van der Waals surface area (Å²) >= 11 is 0. The summed E-state index contributed by atoms with van der Waals surface area (Å²) in [6.45, 7) is 8.21. The number of hydrogen-bond donors (Lipinski definition) is 2. The minimum absolute atomic E-state index is 0. The van der Waals surface area contributed by atoms with Gasteiger partial charge in [0.05, 0.1) is 18.3 Å². The molecule has 1 aromatic carbocycles. The highest BCUT2D eigenvalue weighted by atomic mass is 127. The van der Waals surface area contributed by atoms with Crippen molar-refractivity contribution in [1.82, 2.24) is 15.8 Å². The van der Waals surface area contributed by atoms with Crippen LogP contribution in [0.25, 0.3) is 0 Å². The van der Waals surface area contributed by atoms with Crippen molar-refractivity contribution < 1.29 is 9.26 Å². The van der Waals surface area contributed by atoms with Gasteiger partial charge >= 0.3 is 0 Å². The number of benzene rings is 1. The van der Waals surface area contributed by atoms with Gasteiger partial charge in [0, 0.05) is 24.6 Å². The quantitative estimate of drug-likeness (QED) is 0.393. The lowest BCUT2D eigenvalue weighted by Gasteiger charge is -2.28. The summed E-state index contributed by atoms with van der Waals surface area (Å²) in [6.07, 6.45) is 0.904. The molecule has 7 heteroatoms. The van der Waals surface area contributed by atoms with E-state index < -0.39 is 0 Å². The first-order chi connectivity index (χ1) is 12.2. The first-order valence-corrected chi connectivity index (χ1v) is 8.89. The number of aromatic nitrogens is 1. The van der Waals surface area contributed by atoms with E-state index in [2.05, 4.69) is 47.6 Å². The number of halogens is 1. The van der Waals surface area contributed by atoms with Gasteiger partial charge in [0.25, 0.3) is 0 Å². The summed E-state index contributed by atoms with van der Waals surface area (Å²) in [7, 11) is 0. The molecular formula is C19H27IN4O2. The molecular weight excluding hydrogens is 443 g/mol. The Morgan fingerprint density at radius 2 is 2.15 bits per heavy atom. The highest BCUT2D eigenvalue weighted by molar-refractivity contribution is 14.0. The molecule has 1 aliphatic rings. The van der Waals surface area contributed by atoms with Gasteiger partial charge in [0.15, 0.2) is 11.7 Å². The third-order valence-electron chi connectivity index (χ3n) is 4.18. The lowest BCUT2D eigenvalue weighted by Crippen LogP contribution is -2.41.